The van der Waals surface area contributed by atoms with Crippen LogP contribution in [0.25, 0.3) is 0 Å². The van der Waals surface area contributed by atoms with Gasteiger partial charge in [0, 0.05) is 16.1 Å². The van der Waals surface area contributed by atoms with E-state index in [2.05, 4.69) is 55.1 Å². The molecule has 1 atom stereocenters. The fourth-order valence-corrected chi connectivity index (χ4v) is 4.31. The van der Waals surface area contributed by atoms with Gasteiger partial charge < -0.3 is 10.1 Å². The molecule has 2 rings (SSSR count). The molecule has 0 spiro atoms. The third-order valence-corrected chi connectivity index (χ3v) is 5.89. The molecule has 1 aromatic rings. The van der Waals surface area contributed by atoms with Gasteiger partial charge in [-0.1, -0.05) is 35.7 Å². The lowest BCUT2D eigenvalue weighted by atomic mass is 9.76. The highest BCUT2D eigenvalue weighted by Crippen LogP contribution is 2.43. The Morgan fingerprint density at radius 3 is 2.38 bits per heavy atom. The average Bonchev–Trinajstić information content (AvgIpc) is 2.46. The van der Waals surface area contributed by atoms with Crippen molar-refractivity contribution in [3.63, 3.8) is 0 Å². The van der Waals surface area contributed by atoms with E-state index in [9.17, 15) is 0 Å². The van der Waals surface area contributed by atoms with Gasteiger partial charge in [0.15, 0.2) is 0 Å². The van der Waals surface area contributed by atoms with Crippen molar-refractivity contribution < 1.29 is 4.74 Å². The average molecular weight is 354 g/mol. The van der Waals surface area contributed by atoms with Crippen LogP contribution < -0.4 is 10.1 Å². The van der Waals surface area contributed by atoms with E-state index in [4.69, 9.17) is 4.74 Å². The zero-order chi connectivity index (χ0) is 15.6. The Hall–Kier alpha value is -0.540. The molecule has 0 bridgehead atoms. The maximum Gasteiger partial charge on any atom is 0.126 e. The van der Waals surface area contributed by atoms with Crippen LogP contribution in [-0.4, -0.2) is 14.2 Å². The molecule has 21 heavy (non-hydrogen) atoms. The topological polar surface area (TPSA) is 21.3 Å². The monoisotopic (exact) mass is 353 g/mol. The molecule has 0 aliphatic heterocycles. The predicted molar refractivity (Wildman–Crippen MR) is 93.1 cm³/mol. The van der Waals surface area contributed by atoms with Crippen LogP contribution in [0.15, 0.2) is 10.5 Å². The van der Waals surface area contributed by atoms with Gasteiger partial charge in [-0.15, -0.1) is 0 Å². The van der Waals surface area contributed by atoms with Crippen LogP contribution in [0.2, 0.25) is 0 Å². The zero-order valence-corrected chi connectivity index (χ0v) is 15.5. The van der Waals surface area contributed by atoms with Gasteiger partial charge in [-0.2, -0.15) is 0 Å². The lowest BCUT2D eigenvalue weighted by Crippen LogP contribution is -2.29. The van der Waals surface area contributed by atoms with Gasteiger partial charge in [-0.3, -0.25) is 0 Å². The van der Waals surface area contributed by atoms with Gasteiger partial charge in [0.05, 0.1) is 7.11 Å². The number of rotatable bonds is 4. The summed E-state index contributed by atoms with van der Waals surface area (Å²) in [6, 6.07) is 2.54. The second-order valence-corrected chi connectivity index (χ2v) is 7.39. The lowest BCUT2D eigenvalue weighted by molar-refractivity contribution is 0.234. The summed E-state index contributed by atoms with van der Waals surface area (Å²) in [5, 5.41) is 3.57. The van der Waals surface area contributed by atoms with Crippen LogP contribution >= 0.6 is 15.9 Å². The Balaban J connectivity index is 2.42. The Morgan fingerprint density at radius 2 is 1.86 bits per heavy atom. The number of methoxy groups -OCH3 is 1. The molecule has 1 aliphatic rings. The largest absolute Gasteiger partial charge is 0.496 e. The Bertz CT molecular complexity index is 492. The fraction of sp³-hybridized carbons (Fsp3) is 0.667. The van der Waals surface area contributed by atoms with Crippen molar-refractivity contribution in [3.8, 4) is 5.75 Å². The molecule has 1 fully saturated rings. The van der Waals surface area contributed by atoms with Crippen molar-refractivity contribution in [2.45, 2.75) is 52.5 Å². The maximum absolute atomic E-state index is 5.75. The molecule has 2 nitrogen and oxygen atoms in total. The third kappa shape index (κ3) is 3.45. The summed E-state index contributed by atoms with van der Waals surface area (Å²) in [7, 11) is 3.87. The van der Waals surface area contributed by atoms with E-state index in [1.807, 2.05) is 0 Å². The lowest BCUT2D eigenvalue weighted by Gasteiger charge is -2.35. The van der Waals surface area contributed by atoms with E-state index in [0.29, 0.717) is 12.0 Å². The van der Waals surface area contributed by atoms with E-state index in [1.54, 1.807) is 7.11 Å². The first-order valence-electron chi connectivity index (χ1n) is 8.00. The van der Waals surface area contributed by atoms with Gasteiger partial charge in [-0.25, -0.2) is 0 Å². The quantitative estimate of drug-likeness (QED) is 0.806. The summed E-state index contributed by atoms with van der Waals surface area (Å²) in [6.07, 6.45) is 5.30. The molecule has 118 valence electrons. The number of halogens is 1. The van der Waals surface area contributed by atoms with Crippen LogP contribution in [0.4, 0.5) is 0 Å². The molecule has 0 radical (unpaired) electrons. The van der Waals surface area contributed by atoms with Crippen molar-refractivity contribution in [1.82, 2.24) is 5.32 Å². The molecule has 1 N–H and O–H groups in total. The number of hydrogen-bond donors (Lipinski definition) is 1. The minimum atomic E-state index is 0.378. The minimum Gasteiger partial charge on any atom is -0.496 e. The number of nitrogens with one attached hydrogen (secondary N) is 1. The summed E-state index contributed by atoms with van der Waals surface area (Å²) in [5.41, 5.74) is 3.84. The summed E-state index contributed by atoms with van der Waals surface area (Å²) in [6.45, 7) is 6.69. The number of aryl methyl sites for hydroxylation is 1. The van der Waals surface area contributed by atoms with Crippen LogP contribution in [0.5, 0.6) is 5.75 Å². The van der Waals surface area contributed by atoms with Gasteiger partial charge in [0.25, 0.3) is 0 Å². The van der Waals surface area contributed by atoms with Crippen LogP contribution in [0, 0.1) is 25.7 Å². The summed E-state index contributed by atoms with van der Waals surface area (Å²) < 4.78 is 6.93. The van der Waals surface area contributed by atoms with E-state index < -0.39 is 0 Å². The standard InChI is InChI=1S/C18H28BrNO/c1-11-6-8-14(9-7-11)17(20-4)16-13(3)15(19)10-12(2)18(16)21-5/h10-11,14,17,20H,6-9H2,1-5H3. The SMILES string of the molecule is CNC(c1c(C)c(Br)cc(C)c1OC)C1CCC(C)CC1. The maximum atomic E-state index is 5.75. The van der Waals surface area contributed by atoms with Crippen LogP contribution in [-0.2, 0) is 0 Å². The van der Waals surface area contributed by atoms with Gasteiger partial charge in [-0.05, 0) is 62.8 Å². The van der Waals surface area contributed by atoms with E-state index >= 15 is 0 Å². The summed E-state index contributed by atoms with van der Waals surface area (Å²) >= 11 is 3.71. The molecule has 1 unspecified atom stereocenters. The normalized spacial score (nSPS) is 23.9. The molecule has 1 saturated carbocycles. The molecule has 0 aromatic heterocycles. The smallest absolute Gasteiger partial charge is 0.126 e. The molecular formula is C18H28BrNO. The fourth-order valence-electron chi connectivity index (χ4n) is 3.76. The number of ether oxygens (including phenoxy) is 1. The van der Waals surface area contributed by atoms with Gasteiger partial charge >= 0.3 is 0 Å². The minimum absolute atomic E-state index is 0.378. The molecule has 3 heteroatoms. The number of benzene rings is 1. The van der Waals surface area contributed by atoms with Crippen LogP contribution in [0.3, 0.4) is 0 Å². The molecule has 0 saturated heterocycles. The Morgan fingerprint density at radius 1 is 1.24 bits per heavy atom. The summed E-state index contributed by atoms with van der Waals surface area (Å²) in [5.74, 6) is 2.63. The Kier molecular flexibility index (Phi) is 5.73. The summed E-state index contributed by atoms with van der Waals surface area (Å²) in [4.78, 5) is 0. The third-order valence-electron chi connectivity index (χ3n) is 5.07. The van der Waals surface area contributed by atoms with Gasteiger partial charge in [0.1, 0.15) is 5.75 Å². The first-order chi connectivity index (χ1) is 9.99. The van der Waals surface area contributed by atoms with Crippen molar-refractivity contribution in [1.29, 1.82) is 0 Å². The highest BCUT2D eigenvalue weighted by atomic mass is 79.9. The second-order valence-electron chi connectivity index (χ2n) is 6.53. The molecule has 1 aliphatic carbocycles. The highest BCUT2D eigenvalue weighted by molar-refractivity contribution is 9.10. The van der Waals surface area contributed by atoms with E-state index in [1.165, 1.54) is 46.8 Å². The van der Waals surface area contributed by atoms with Crippen molar-refractivity contribution >= 4 is 15.9 Å². The second kappa shape index (κ2) is 7.15. The van der Waals surface area contributed by atoms with Crippen molar-refractivity contribution in [2.75, 3.05) is 14.2 Å². The van der Waals surface area contributed by atoms with E-state index in [0.717, 1.165) is 11.7 Å². The highest BCUT2D eigenvalue weighted by Gasteiger charge is 2.30. The first-order valence-corrected chi connectivity index (χ1v) is 8.79. The van der Waals surface area contributed by atoms with Crippen molar-refractivity contribution in [3.05, 3.63) is 27.2 Å². The predicted octanol–water partition coefficient (Wildman–Crippen LogP) is 5.16. The number of hydrogen-bond acceptors (Lipinski definition) is 2. The molecule has 0 heterocycles. The van der Waals surface area contributed by atoms with E-state index in [-0.39, 0.29) is 0 Å². The molecular weight excluding hydrogens is 326 g/mol. The van der Waals surface area contributed by atoms with Gasteiger partial charge in [0.2, 0.25) is 0 Å². The molecule has 0 amide bonds. The molecule has 1 aromatic carbocycles. The zero-order valence-electron chi connectivity index (χ0n) is 13.9. The van der Waals surface area contributed by atoms with Crippen LogP contribution in [0.1, 0.15) is 55.3 Å². The first kappa shape index (κ1) is 16.8. The van der Waals surface area contributed by atoms with Crippen molar-refractivity contribution in [2.24, 2.45) is 11.8 Å². The Labute approximate surface area is 137 Å².